The van der Waals surface area contributed by atoms with E-state index < -0.39 is 12.0 Å². The van der Waals surface area contributed by atoms with E-state index in [4.69, 9.17) is 31.7 Å². The van der Waals surface area contributed by atoms with Gasteiger partial charge < -0.3 is 24.4 Å². The van der Waals surface area contributed by atoms with Gasteiger partial charge in [-0.05, 0) is 36.8 Å². The van der Waals surface area contributed by atoms with Crippen molar-refractivity contribution < 1.29 is 19.0 Å². The van der Waals surface area contributed by atoms with Crippen molar-refractivity contribution in [3.05, 3.63) is 53.8 Å². The molecule has 148 valence electrons. The molecule has 1 atom stereocenters. The van der Waals surface area contributed by atoms with Gasteiger partial charge in [-0.25, -0.2) is 4.79 Å². The number of methoxy groups -OCH3 is 1. The summed E-state index contributed by atoms with van der Waals surface area (Å²) in [6, 6.07) is 8.60. The van der Waals surface area contributed by atoms with Gasteiger partial charge in [-0.3, -0.25) is 0 Å². The van der Waals surface area contributed by atoms with Crippen molar-refractivity contribution in [2.24, 2.45) is 0 Å². The smallest absolute Gasteiger partial charge is 0.338 e. The fourth-order valence-corrected chi connectivity index (χ4v) is 3.14. The molecule has 0 fully saturated rings. The Morgan fingerprint density at radius 3 is 2.71 bits per heavy atom. The number of thiocarbonyl (C=S) groups is 1. The van der Waals surface area contributed by atoms with Gasteiger partial charge in [-0.2, -0.15) is 5.26 Å². The zero-order chi connectivity index (χ0) is 20.5. The monoisotopic (exact) mass is 401 g/mol. The Labute approximate surface area is 170 Å². The molecule has 1 N–H and O–H groups in total. The molecule has 0 unspecified atom stereocenters. The summed E-state index contributed by atoms with van der Waals surface area (Å²) in [5.74, 6) is 0.135. The van der Waals surface area contributed by atoms with Crippen molar-refractivity contribution in [2.45, 2.75) is 13.0 Å². The first kappa shape index (κ1) is 21.4. The number of carbonyl (C=O) groups excluding carboxylic acids is 1. The molecule has 0 aromatic heterocycles. The summed E-state index contributed by atoms with van der Waals surface area (Å²) in [5, 5.41) is 12.3. The molecule has 1 aromatic carbocycles. The zero-order valence-electron chi connectivity index (χ0n) is 15.9. The van der Waals surface area contributed by atoms with Crippen LogP contribution < -0.4 is 10.1 Å². The molecule has 1 heterocycles. The second kappa shape index (κ2) is 10.4. The maximum Gasteiger partial charge on any atom is 0.338 e. The lowest BCUT2D eigenvalue weighted by molar-refractivity contribution is -0.140. The second-order valence-corrected chi connectivity index (χ2v) is 6.31. The largest absolute Gasteiger partial charge is 0.479 e. The number of benzene rings is 1. The van der Waals surface area contributed by atoms with E-state index in [1.807, 2.05) is 25.1 Å². The number of nitrogens with zero attached hydrogens (tertiary/aromatic N) is 2. The van der Waals surface area contributed by atoms with Crippen molar-refractivity contribution in [1.82, 2.24) is 10.2 Å². The Balaban J connectivity index is 2.36. The molecule has 1 aliphatic rings. The number of hydrogen-bond donors (Lipinski definition) is 1. The number of carbonyl (C=O) groups is 1. The van der Waals surface area contributed by atoms with Gasteiger partial charge in [0.1, 0.15) is 18.4 Å². The molecular weight excluding hydrogens is 378 g/mol. The number of rotatable bonds is 9. The molecule has 0 aliphatic carbocycles. The lowest BCUT2D eigenvalue weighted by atomic mass is 9.95. The number of esters is 1. The van der Waals surface area contributed by atoms with Gasteiger partial charge in [0.2, 0.25) is 0 Å². The van der Waals surface area contributed by atoms with Crippen molar-refractivity contribution in [3.63, 3.8) is 0 Å². The molecule has 2 rings (SSSR count). The zero-order valence-corrected chi connectivity index (χ0v) is 16.8. The first-order valence-electron chi connectivity index (χ1n) is 8.69. The number of allylic oxidation sites excluding steroid dienone is 1. The van der Waals surface area contributed by atoms with Crippen LogP contribution in [-0.2, 0) is 14.3 Å². The first-order chi connectivity index (χ1) is 13.5. The number of nitrogens with one attached hydrogen (secondary N) is 1. The summed E-state index contributed by atoms with van der Waals surface area (Å²) in [7, 11) is 1.55. The Morgan fingerprint density at radius 2 is 2.11 bits per heavy atom. The molecule has 7 nitrogen and oxygen atoms in total. The Morgan fingerprint density at radius 1 is 1.39 bits per heavy atom. The first-order valence-corrected chi connectivity index (χ1v) is 9.09. The van der Waals surface area contributed by atoms with Crippen LogP contribution in [0.25, 0.3) is 0 Å². The van der Waals surface area contributed by atoms with Crippen molar-refractivity contribution in [1.29, 1.82) is 5.26 Å². The van der Waals surface area contributed by atoms with E-state index in [1.54, 1.807) is 30.2 Å². The van der Waals surface area contributed by atoms with Crippen LogP contribution in [-0.4, -0.2) is 49.5 Å². The molecule has 0 saturated carbocycles. The quantitative estimate of drug-likeness (QED) is 0.292. The molecule has 0 amide bonds. The van der Waals surface area contributed by atoms with Gasteiger partial charge in [0, 0.05) is 19.4 Å². The van der Waals surface area contributed by atoms with E-state index in [0.717, 1.165) is 5.56 Å². The summed E-state index contributed by atoms with van der Waals surface area (Å²) in [4.78, 5) is 14.6. The van der Waals surface area contributed by atoms with E-state index in [1.165, 1.54) is 0 Å². The molecular formula is C20H23N3O4S. The van der Waals surface area contributed by atoms with Crippen molar-refractivity contribution in [2.75, 3.05) is 33.5 Å². The lowest BCUT2D eigenvalue weighted by Gasteiger charge is -2.37. The lowest BCUT2D eigenvalue weighted by Crippen LogP contribution is -2.47. The maximum absolute atomic E-state index is 12.8. The van der Waals surface area contributed by atoms with E-state index in [-0.39, 0.29) is 13.2 Å². The minimum Gasteiger partial charge on any atom is -0.479 e. The summed E-state index contributed by atoms with van der Waals surface area (Å²) >= 11 is 5.48. The number of ether oxygens (including phenoxy) is 3. The predicted octanol–water partition coefficient (Wildman–Crippen LogP) is 2.47. The highest BCUT2D eigenvalue weighted by molar-refractivity contribution is 7.80. The Kier molecular flexibility index (Phi) is 7.99. The number of hydrogen-bond acceptors (Lipinski definition) is 6. The summed E-state index contributed by atoms with van der Waals surface area (Å²) in [5.41, 5.74) is 2.00. The van der Waals surface area contributed by atoms with E-state index in [9.17, 15) is 4.79 Å². The van der Waals surface area contributed by atoms with Gasteiger partial charge >= 0.3 is 5.97 Å². The highest BCUT2D eigenvalue weighted by Gasteiger charge is 2.34. The van der Waals surface area contributed by atoms with Crippen LogP contribution in [0.2, 0.25) is 0 Å². The van der Waals surface area contributed by atoms with Crippen LogP contribution in [0.3, 0.4) is 0 Å². The molecule has 0 spiro atoms. The Bertz CT molecular complexity index is 799. The van der Waals surface area contributed by atoms with E-state index in [0.29, 0.717) is 35.3 Å². The van der Waals surface area contributed by atoms with Crippen molar-refractivity contribution >= 4 is 23.3 Å². The van der Waals surface area contributed by atoms with Gasteiger partial charge in [-0.1, -0.05) is 18.2 Å². The standard InChI is InChI=1S/C20H23N3O4S/c1-4-10-23-14(2)17(19(24)27-13-12-25-3)18(22-20(23)28)15-5-7-16(8-6-15)26-11-9-21/h4-8,18H,1,10-13H2,2-3H3,(H,22,28)/t18-/m1/s1. The van der Waals surface area contributed by atoms with Crippen LogP contribution in [0.5, 0.6) is 5.75 Å². The minimum absolute atomic E-state index is 0.0300. The predicted molar refractivity (Wildman–Crippen MR) is 108 cm³/mol. The summed E-state index contributed by atoms with van der Waals surface area (Å²) in [6.45, 7) is 6.49. The molecule has 8 heteroatoms. The normalized spacial score (nSPS) is 16.2. The fraction of sp³-hybridized carbons (Fsp3) is 0.350. The number of nitriles is 1. The van der Waals surface area contributed by atoms with Crippen LogP contribution in [0.1, 0.15) is 18.5 Å². The Hall–Kier alpha value is -2.89. The van der Waals surface area contributed by atoms with Crippen molar-refractivity contribution in [3.8, 4) is 11.8 Å². The maximum atomic E-state index is 12.8. The van der Waals surface area contributed by atoms with Crippen LogP contribution in [0, 0.1) is 11.3 Å². The SMILES string of the molecule is C=CCN1C(=S)N[C@H](c2ccc(OCC#N)cc2)C(C(=O)OCCOC)=C1C. The summed E-state index contributed by atoms with van der Waals surface area (Å²) in [6.07, 6.45) is 1.72. The van der Waals surface area contributed by atoms with Crippen LogP contribution in [0.4, 0.5) is 0 Å². The molecule has 0 bridgehead atoms. The molecule has 1 aliphatic heterocycles. The van der Waals surface area contributed by atoms with Crippen LogP contribution in [0.15, 0.2) is 48.2 Å². The van der Waals surface area contributed by atoms with Gasteiger partial charge in [-0.15, -0.1) is 6.58 Å². The third-order valence-electron chi connectivity index (χ3n) is 4.17. The average Bonchev–Trinajstić information content (AvgIpc) is 2.69. The molecule has 1 aromatic rings. The van der Waals surface area contributed by atoms with Gasteiger partial charge in [0.25, 0.3) is 0 Å². The van der Waals surface area contributed by atoms with Crippen LogP contribution >= 0.6 is 12.2 Å². The topological polar surface area (TPSA) is 83.8 Å². The third-order valence-corrected chi connectivity index (χ3v) is 4.50. The fourth-order valence-electron chi connectivity index (χ4n) is 2.81. The average molecular weight is 401 g/mol. The van der Waals surface area contributed by atoms with E-state index in [2.05, 4.69) is 11.9 Å². The third kappa shape index (κ3) is 5.09. The van der Waals surface area contributed by atoms with E-state index >= 15 is 0 Å². The minimum atomic E-state index is -0.464. The molecule has 0 radical (unpaired) electrons. The highest BCUT2D eigenvalue weighted by atomic mass is 32.1. The van der Waals surface area contributed by atoms with Gasteiger partial charge in [0.05, 0.1) is 18.2 Å². The highest BCUT2D eigenvalue weighted by Crippen LogP contribution is 2.32. The molecule has 28 heavy (non-hydrogen) atoms. The summed E-state index contributed by atoms with van der Waals surface area (Å²) < 4.78 is 15.6. The second-order valence-electron chi connectivity index (χ2n) is 5.93. The molecule has 0 saturated heterocycles. The van der Waals surface area contributed by atoms with Gasteiger partial charge in [0.15, 0.2) is 11.7 Å².